The highest BCUT2D eigenvalue weighted by atomic mass is 32.2. The minimum absolute atomic E-state index is 0.0467. The largest absolute Gasteiger partial charge is 0.341 e. The van der Waals surface area contributed by atoms with Gasteiger partial charge in [0.15, 0.2) is 5.69 Å². The molecule has 150 valence electrons. The highest BCUT2D eigenvalue weighted by Crippen LogP contribution is 2.24. The van der Waals surface area contributed by atoms with Gasteiger partial charge in [-0.1, -0.05) is 30.3 Å². The van der Waals surface area contributed by atoms with Crippen LogP contribution in [0.3, 0.4) is 0 Å². The van der Waals surface area contributed by atoms with E-state index in [-0.39, 0.29) is 22.0 Å². The highest BCUT2D eigenvalue weighted by molar-refractivity contribution is 7.86. The second-order valence-electron chi connectivity index (χ2n) is 6.18. The lowest BCUT2D eigenvalue weighted by Gasteiger charge is -1.99. The van der Waals surface area contributed by atoms with Crippen LogP contribution in [-0.4, -0.2) is 32.9 Å². The topological polar surface area (TPSA) is 132 Å². The summed E-state index contributed by atoms with van der Waals surface area (Å²) in [5.74, 6) is 0.0467. The Labute approximate surface area is 170 Å². The molecule has 0 aliphatic rings. The number of non-ortho nitro benzene ring substituents is 1. The Balaban J connectivity index is 1.93. The number of tetrazole rings is 1. The third-order valence-corrected chi connectivity index (χ3v) is 5.15. The predicted octanol–water partition coefficient (Wildman–Crippen LogP) is 2.37. The molecular weight excluding hydrogens is 410 g/mol. The number of nitro benzene ring substituents is 1. The van der Waals surface area contributed by atoms with Gasteiger partial charge in [-0.3, -0.25) is 14.7 Å². The number of benzene rings is 3. The van der Waals surface area contributed by atoms with E-state index in [0.29, 0.717) is 11.4 Å². The molecule has 4 rings (SSSR count). The van der Waals surface area contributed by atoms with Gasteiger partial charge in [0.25, 0.3) is 15.8 Å². The van der Waals surface area contributed by atoms with Crippen molar-refractivity contribution in [3.63, 3.8) is 0 Å². The number of hydrogen-bond donors (Lipinski definition) is 1. The molecule has 0 bridgehead atoms. The Morgan fingerprint density at radius 1 is 0.933 bits per heavy atom. The number of nitrogens with zero attached hydrogens (tertiary/aromatic N) is 5. The van der Waals surface area contributed by atoms with Crippen molar-refractivity contribution >= 4 is 15.8 Å². The summed E-state index contributed by atoms with van der Waals surface area (Å²) in [5, 5.41) is 19.8. The molecule has 1 N–H and O–H groups in total. The number of para-hydroxylation sites is 1. The van der Waals surface area contributed by atoms with Crippen molar-refractivity contribution in [2.24, 2.45) is 0 Å². The van der Waals surface area contributed by atoms with E-state index in [1.807, 2.05) is 6.07 Å². The Morgan fingerprint density at radius 3 is 2.20 bits per heavy atom. The molecule has 30 heavy (non-hydrogen) atoms. The molecule has 0 unspecified atom stereocenters. The summed E-state index contributed by atoms with van der Waals surface area (Å²) < 4.78 is 33.1. The van der Waals surface area contributed by atoms with E-state index in [2.05, 4.69) is 10.2 Å². The molecule has 10 nitrogen and oxygen atoms in total. The predicted molar refractivity (Wildman–Crippen MR) is 105 cm³/mol. The van der Waals surface area contributed by atoms with Crippen LogP contribution in [0.1, 0.15) is 0 Å². The number of nitro groups is 1. The van der Waals surface area contributed by atoms with E-state index in [1.165, 1.54) is 52.1 Å². The quantitative estimate of drug-likeness (QED) is 0.225. The van der Waals surface area contributed by atoms with Gasteiger partial charge in [0.05, 0.1) is 15.6 Å². The molecule has 1 aromatic heterocycles. The van der Waals surface area contributed by atoms with Crippen molar-refractivity contribution < 1.29 is 22.7 Å². The first-order chi connectivity index (χ1) is 14.3. The minimum Gasteiger partial charge on any atom is -0.282 e. The van der Waals surface area contributed by atoms with Gasteiger partial charge < -0.3 is 0 Å². The van der Waals surface area contributed by atoms with Gasteiger partial charge in [-0.15, -0.1) is 0 Å². The standard InChI is InChI=1S/C19H13N5O5S/c25-24(26)16-12-10-15(11-13-16)23-21-19(20-22(23)14-6-2-1-3-7-14)17-8-4-5-9-18(17)30(27,28)29/h1-13H/p+1. The highest BCUT2D eigenvalue weighted by Gasteiger charge is 2.28. The Morgan fingerprint density at radius 2 is 1.57 bits per heavy atom. The van der Waals surface area contributed by atoms with Crippen LogP contribution in [0.25, 0.3) is 22.8 Å². The molecule has 0 atom stereocenters. The van der Waals surface area contributed by atoms with Crippen molar-refractivity contribution in [1.82, 2.24) is 15.0 Å². The summed E-state index contributed by atoms with van der Waals surface area (Å²) >= 11 is 0. The molecule has 0 amide bonds. The van der Waals surface area contributed by atoms with Crippen LogP contribution >= 0.6 is 0 Å². The van der Waals surface area contributed by atoms with Crippen molar-refractivity contribution in [1.29, 1.82) is 0 Å². The summed E-state index contributed by atoms with van der Waals surface area (Å²) in [4.78, 5) is 12.9. The summed E-state index contributed by atoms with van der Waals surface area (Å²) in [6.45, 7) is 0. The maximum Gasteiger partial charge on any atom is 0.341 e. The zero-order valence-corrected chi connectivity index (χ0v) is 16.0. The molecule has 0 radical (unpaired) electrons. The fraction of sp³-hybridized carbons (Fsp3) is 0. The van der Waals surface area contributed by atoms with Crippen molar-refractivity contribution in [2.45, 2.75) is 4.90 Å². The lowest BCUT2D eigenvalue weighted by Crippen LogP contribution is -2.43. The molecule has 4 aromatic rings. The van der Waals surface area contributed by atoms with Crippen molar-refractivity contribution in [3.8, 4) is 22.8 Å². The van der Waals surface area contributed by atoms with Gasteiger partial charge in [-0.25, -0.2) is 0 Å². The minimum atomic E-state index is -4.50. The molecule has 0 fully saturated rings. The summed E-state index contributed by atoms with van der Waals surface area (Å²) in [6.07, 6.45) is 0. The van der Waals surface area contributed by atoms with Gasteiger partial charge in [0.2, 0.25) is 0 Å². The number of hydrogen-bond acceptors (Lipinski definition) is 6. The Bertz CT molecular complexity index is 1340. The van der Waals surface area contributed by atoms with Crippen LogP contribution in [0, 0.1) is 10.1 Å². The average Bonchev–Trinajstić information content (AvgIpc) is 3.19. The lowest BCUT2D eigenvalue weighted by atomic mass is 10.2. The number of aromatic nitrogens is 4. The van der Waals surface area contributed by atoms with E-state index in [9.17, 15) is 23.1 Å². The lowest BCUT2D eigenvalue weighted by molar-refractivity contribution is -0.734. The SMILES string of the molecule is O=[N+]([O-])c1ccc(-[n+]2nc(-c3ccccc3S(=O)(=O)O)nn2-c2ccccc2)cc1. The van der Waals surface area contributed by atoms with E-state index >= 15 is 0 Å². The summed E-state index contributed by atoms with van der Waals surface area (Å²) in [7, 11) is -4.50. The molecule has 1 heterocycles. The zero-order valence-electron chi connectivity index (χ0n) is 15.2. The van der Waals surface area contributed by atoms with Crippen LogP contribution in [0.2, 0.25) is 0 Å². The Hall–Kier alpha value is -3.96. The zero-order chi connectivity index (χ0) is 21.3. The molecule has 0 aliphatic heterocycles. The van der Waals surface area contributed by atoms with E-state index in [1.54, 1.807) is 30.3 Å². The maximum absolute atomic E-state index is 11.8. The van der Waals surface area contributed by atoms with Crippen LogP contribution in [-0.2, 0) is 10.1 Å². The van der Waals surface area contributed by atoms with Gasteiger partial charge in [0, 0.05) is 16.9 Å². The third kappa shape index (κ3) is 3.66. The fourth-order valence-electron chi connectivity index (χ4n) is 2.87. The van der Waals surface area contributed by atoms with Gasteiger partial charge in [-0.05, 0) is 46.3 Å². The second-order valence-corrected chi connectivity index (χ2v) is 7.57. The Kier molecular flexibility index (Phi) is 4.82. The van der Waals surface area contributed by atoms with Crippen molar-refractivity contribution in [3.05, 3.63) is 89.0 Å². The van der Waals surface area contributed by atoms with Gasteiger partial charge in [0.1, 0.15) is 10.6 Å². The van der Waals surface area contributed by atoms with Crippen LogP contribution in [0.15, 0.2) is 83.8 Å². The van der Waals surface area contributed by atoms with E-state index < -0.39 is 15.0 Å². The van der Waals surface area contributed by atoms with E-state index in [4.69, 9.17) is 0 Å². The van der Waals surface area contributed by atoms with Crippen LogP contribution < -0.4 is 4.80 Å². The summed E-state index contributed by atoms with van der Waals surface area (Å²) in [5.41, 5.74) is 1.12. The second kappa shape index (κ2) is 7.46. The molecule has 0 aliphatic carbocycles. The van der Waals surface area contributed by atoms with Crippen LogP contribution in [0.5, 0.6) is 0 Å². The first-order valence-corrected chi connectivity index (χ1v) is 10.1. The molecule has 0 saturated heterocycles. The van der Waals surface area contributed by atoms with E-state index in [0.717, 1.165) is 0 Å². The first kappa shape index (κ1) is 19.4. The monoisotopic (exact) mass is 424 g/mol. The molecular formula is C19H14N5O5S+. The third-order valence-electron chi connectivity index (χ3n) is 4.24. The smallest absolute Gasteiger partial charge is 0.282 e. The van der Waals surface area contributed by atoms with Crippen molar-refractivity contribution in [2.75, 3.05) is 0 Å². The first-order valence-electron chi connectivity index (χ1n) is 8.61. The molecule has 11 heteroatoms. The summed E-state index contributed by atoms with van der Waals surface area (Å²) in [6, 6.07) is 20.4. The fourth-order valence-corrected chi connectivity index (χ4v) is 3.56. The normalized spacial score (nSPS) is 11.4. The molecule has 0 saturated carbocycles. The maximum atomic E-state index is 11.8. The average molecular weight is 424 g/mol. The van der Waals surface area contributed by atoms with Crippen LogP contribution in [0.4, 0.5) is 5.69 Å². The van der Waals surface area contributed by atoms with Gasteiger partial charge >= 0.3 is 5.82 Å². The molecule has 3 aromatic carbocycles. The van der Waals surface area contributed by atoms with Gasteiger partial charge in [-0.2, -0.15) is 8.42 Å². The number of rotatable bonds is 5. The molecule has 0 spiro atoms.